The second kappa shape index (κ2) is 16.0. The molecule has 4 N–H and O–H groups in total. The maximum Gasteiger partial charge on any atom is 0.268 e. The number of nitrogens with zero attached hydrogens (tertiary/aromatic N) is 5. The Morgan fingerprint density at radius 3 is 2.49 bits per heavy atom. The predicted molar refractivity (Wildman–Crippen MR) is 211 cm³/mol. The number of hydrogen-bond donors (Lipinski definition) is 4. The van der Waals surface area contributed by atoms with Crippen LogP contribution in [0.15, 0.2) is 72.9 Å². The SMILES string of the molecule is CCOc1ccc2c(c1)CC(NCCCCO)C(=O)N2c1ccc2c(c1)[C@@]1(O[C@H](CCn3cc(CCO)nn3)[C@@H]([Si](C)(C)O)[C@@H]1C)C(=O)N2c1ccccc1. The van der Waals surface area contributed by atoms with Crippen molar-refractivity contribution < 1.29 is 34.1 Å². The van der Waals surface area contributed by atoms with Gasteiger partial charge in [-0.2, -0.15) is 0 Å². The molecule has 1 unspecified atom stereocenters. The number of benzene rings is 3. The Morgan fingerprint density at radius 2 is 1.76 bits per heavy atom. The number of rotatable bonds is 15. The molecule has 2 amide bonds. The molecule has 1 spiro atoms. The zero-order valence-electron chi connectivity index (χ0n) is 32.0. The lowest BCUT2D eigenvalue weighted by Crippen LogP contribution is -2.49. The highest BCUT2D eigenvalue weighted by Gasteiger charge is 2.66. The summed E-state index contributed by atoms with van der Waals surface area (Å²) in [5.74, 6) is -0.0418. The summed E-state index contributed by atoms with van der Waals surface area (Å²) >= 11 is 0. The van der Waals surface area contributed by atoms with Crippen molar-refractivity contribution in [1.29, 1.82) is 0 Å². The fourth-order valence-corrected chi connectivity index (χ4v) is 11.5. The second-order valence-corrected chi connectivity index (χ2v) is 19.3. The maximum atomic E-state index is 15.2. The fraction of sp³-hybridized carbons (Fsp3) is 0.463. The molecule has 4 aromatic rings. The highest BCUT2D eigenvalue weighted by atomic mass is 28.4. The van der Waals surface area contributed by atoms with Gasteiger partial charge in [-0.3, -0.25) is 24.1 Å². The number of aryl methyl sites for hydroxylation is 1. The fourth-order valence-electron chi connectivity index (χ4n) is 8.89. The van der Waals surface area contributed by atoms with Crippen LogP contribution in [0.5, 0.6) is 5.75 Å². The molecule has 7 rings (SSSR count). The lowest BCUT2D eigenvalue weighted by atomic mass is 9.82. The number of aromatic nitrogens is 3. The number of hydrogen-bond acceptors (Lipinski definition) is 10. The quantitative estimate of drug-likeness (QED) is 0.0983. The molecule has 0 aliphatic carbocycles. The summed E-state index contributed by atoms with van der Waals surface area (Å²) in [6, 6.07) is 20.5. The maximum absolute atomic E-state index is 15.2. The largest absolute Gasteiger partial charge is 0.494 e. The van der Waals surface area contributed by atoms with Crippen LogP contribution in [0.1, 0.15) is 49.9 Å². The minimum absolute atomic E-state index is 0.0248. The van der Waals surface area contributed by atoms with Gasteiger partial charge in [0, 0.05) is 60.8 Å². The molecule has 4 heterocycles. The van der Waals surface area contributed by atoms with E-state index in [1.165, 1.54) is 0 Å². The number of amides is 2. The van der Waals surface area contributed by atoms with Gasteiger partial charge >= 0.3 is 0 Å². The van der Waals surface area contributed by atoms with E-state index in [2.05, 4.69) is 15.6 Å². The Kier molecular flexibility index (Phi) is 11.3. The molecule has 3 aromatic carbocycles. The molecule has 3 aliphatic rings. The molecular weight excluding hydrogens is 717 g/mol. The minimum Gasteiger partial charge on any atom is -0.494 e. The summed E-state index contributed by atoms with van der Waals surface area (Å²) in [7, 11) is -2.96. The normalized spacial score (nSPS) is 23.5. The number of aliphatic hydroxyl groups excluding tert-OH is 2. The Labute approximate surface area is 323 Å². The van der Waals surface area contributed by atoms with Crippen molar-refractivity contribution in [2.75, 3.05) is 36.2 Å². The summed E-state index contributed by atoms with van der Waals surface area (Å²) in [6.45, 7) is 9.35. The third kappa shape index (κ3) is 7.22. The molecule has 1 aromatic heterocycles. The van der Waals surface area contributed by atoms with Gasteiger partial charge in [0.2, 0.25) is 5.91 Å². The monoisotopic (exact) mass is 768 g/mol. The van der Waals surface area contributed by atoms with Gasteiger partial charge in [0.1, 0.15) is 5.75 Å². The van der Waals surface area contributed by atoms with Crippen LogP contribution in [0, 0.1) is 5.92 Å². The lowest BCUT2D eigenvalue weighted by Gasteiger charge is -2.36. The zero-order chi connectivity index (χ0) is 38.9. The van der Waals surface area contributed by atoms with Crippen LogP contribution in [0.2, 0.25) is 18.6 Å². The number of fused-ring (bicyclic) bond motifs is 3. The van der Waals surface area contributed by atoms with Crippen LogP contribution in [0.25, 0.3) is 0 Å². The van der Waals surface area contributed by atoms with E-state index in [-0.39, 0.29) is 30.6 Å². The van der Waals surface area contributed by atoms with Crippen molar-refractivity contribution >= 4 is 42.9 Å². The Hall–Kier alpha value is -4.44. The minimum atomic E-state index is -2.96. The molecule has 0 saturated carbocycles. The average Bonchev–Trinajstić information content (AvgIpc) is 3.82. The van der Waals surface area contributed by atoms with Gasteiger partial charge in [0.15, 0.2) is 13.9 Å². The third-order valence-corrected chi connectivity index (χ3v) is 13.8. The van der Waals surface area contributed by atoms with Crippen molar-refractivity contribution in [3.63, 3.8) is 0 Å². The first-order valence-electron chi connectivity index (χ1n) is 19.4. The molecule has 3 aliphatic heterocycles. The highest BCUT2D eigenvalue weighted by Crippen LogP contribution is 2.61. The van der Waals surface area contributed by atoms with Crippen LogP contribution >= 0.6 is 0 Å². The molecule has 0 radical (unpaired) electrons. The molecular formula is C41H52N6O7Si. The summed E-state index contributed by atoms with van der Waals surface area (Å²) in [5, 5.41) is 30.6. The molecule has 292 valence electrons. The van der Waals surface area contributed by atoms with Gasteiger partial charge in [-0.25, -0.2) is 0 Å². The average molecular weight is 769 g/mol. The number of ether oxygens (including phenoxy) is 2. The van der Waals surface area contributed by atoms with Gasteiger partial charge < -0.3 is 29.8 Å². The highest BCUT2D eigenvalue weighted by molar-refractivity contribution is 6.71. The number of unbranched alkanes of at least 4 members (excludes halogenated alkanes) is 1. The summed E-state index contributed by atoms with van der Waals surface area (Å²) in [5.41, 5.74) is 3.25. The van der Waals surface area contributed by atoms with E-state index >= 15 is 4.79 Å². The lowest BCUT2D eigenvalue weighted by molar-refractivity contribution is -0.145. The number of carbonyl (C=O) groups excluding carboxylic acids is 2. The van der Waals surface area contributed by atoms with Crippen molar-refractivity contribution in [2.24, 2.45) is 5.92 Å². The van der Waals surface area contributed by atoms with Crippen molar-refractivity contribution in [3.05, 3.63) is 89.7 Å². The van der Waals surface area contributed by atoms with Gasteiger partial charge in [-0.1, -0.05) is 30.3 Å². The molecule has 14 heteroatoms. The van der Waals surface area contributed by atoms with Crippen LogP contribution in [-0.4, -0.2) is 88.6 Å². The topological polar surface area (TPSA) is 163 Å². The van der Waals surface area contributed by atoms with E-state index in [9.17, 15) is 19.8 Å². The molecule has 1 fully saturated rings. The van der Waals surface area contributed by atoms with Crippen LogP contribution < -0.4 is 19.9 Å². The van der Waals surface area contributed by atoms with Gasteiger partial charge in [0.05, 0.1) is 35.8 Å². The van der Waals surface area contributed by atoms with E-state index < -0.39 is 32.0 Å². The molecule has 0 bridgehead atoms. The third-order valence-electron chi connectivity index (χ3n) is 11.3. The second-order valence-electron chi connectivity index (χ2n) is 15.3. The summed E-state index contributed by atoms with van der Waals surface area (Å²) in [4.78, 5) is 45.0. The molecule has 1 saturated heterocycles. The van der Waals surface area contributed by atoms with E-state index in [4.69, 9.17) is 9.47 Å². The number of aliphatic hydroxyl groups is 2. The van der Waals surface area contributed by atoms with Gasteiger partial charge in [0.25, 0.3) is 5.91 Å². The van der Waals surface area contributed by atoms with Gasteiger partial charge in [-0.05, 0) is 106 Å². The smallest absolute Gasteiger partial charge is 0.268 e. The number of anilines is 4. The van der Waals surface area contributed by atoms with Crippen LogP contribution in [0.3, 0.4) is 0 Å². The molecule has 13 nitrogen and oxygen atoms in total. The first-order chi connectivity index (χ1) is 26.5. The van der Waals surface area contributed by atoms with E-state index in [0.29, 0.717) is 73.7 Å². The van der Waals surface area contributed by atoms with Crippen molar-refractivity contribution in [1.82, 2.24) is 20.3 Å². The Morgan fingerprint density at radius 1 is 0.982 bits per heavy atom. The number of nitrogens with one attached hydrogen (secondary N) is 1. The number of carbonyl (C=O) groups is 2. The predicted octanol–water partition coefficient (Wildman–Crippen LogP) is 4.73. The first-order valence-corrected chi connectivity index (χ1v) is 22.4. The van der Waals surface area contributed by atoms with Crippen LogP contribution in [-0.2, 0) is 39.3 Å². The Bertz CT molecular complexity index is 2000. The van der Waals surface area contributed by atoms with Crippen LogP contribution in [0.4, 0.5) is 22.7 Å². The standard InChI is InChI=1S/C41H52N6O7Si/c1-5-53-32-14-16-35-28(23-32)24-34(42-19-9-10-21-48)39(50)46(35)31-13-15-36-33(25-31)41(40(51)47(36)30-11-7-6-8-12-30)27(2)38(55(3,4)52)37(54-41)17-20-45-26-29(18-22-49)43-44-45/h6-8,11-16,23,25-27,34,37-38,42,48-49,52H,5,9-10,17-22,24H2,1-4H3/t27-,34?,37+,38-,41+/m0/s1. The number of para-hydroxylation sites is 1. The van der Waals surface area contributed by atoms with Gasteiger partial charge in [-0.15, -0.1) is 5.10 Å². The molecule has 5 atom stereocenters. The van der Waals surface area contributed by atoms with Crippen molar-refractivity contribution in [3.8, 4) is 5.75 Å². The Balaban J connectivity index is 1.33. The van der Waals surface area contributed by atoms with Crippen molar-refractivity contribution in [2.45, 2.75) is 88.9 Å². The summed E-state index contributed by atoms with van der Waals surface area (Å²) in [6.07, 6.45) is 4.05. The van der Waals surface area contributed by atoms with E-state index in [0.717, 1.165) is 23.4 Å². The molecule has 55 heavy (non-hydrogen) atoms. The van der Waals surface area contributed by atoms with E-state index in [1.807, 2.05) is 93.7 Å². The first kappa shape index (κ1) is 38.8. The zero-order valence-corrected chi connectivity index (χ0v) is 33.0. The summed E-state index contributed by atoms with van der Waals surface area (Å²) < 4.78 is 14.7. The van der Waals surface area contributed by atoms with E-state index in [1.54, 1.807) is 20.7 Å².